The van der Waals surface area contributed by atoms with Crippen molar-refractivity contribution >= 4 is 41.2 Å². The standard InChI is InChI=1S/C25H35Cl2N5O4/c1-5-32-20(15-30-10-7-11-31(13-12-30)24(34)28-16(3)4)21(23(33)36-6-2)22(29-25(32)35)17-8-9-18(26)19(27)14-17/h8-9,14,16,22H,5-7,10-13,15H2,1-4H3,(H,28,34)(H,29,35). The van der Waals surface area contributed by atoms with Crippen molar-refractivity contribution in [2.75, 3.05) is 45.9 Å². The van der Waals surface area contributed by atoms with E-state index in [0.717, 1.165) is 13.0 Å². The predicted octanol–water partition coefficient (Wildman–Crippen LogP) is 4.02. The van der Waals surface area contributed by atoms with Gasteiger partial charge < -0.3 is 20.3 Å². The normalized spacial score (nSPS) is 19.3. The quantitative estimate of drug-likeness (QED) is 0.510. The third-order valence-corrected chi connectivity index (χ3v) is 6.93. The van der Waals surface area contributed by atoms with Crippen LogP contribution in [-0.2, 0) is 9.53 Å². The van der Waals surface area contributed by atoms with Crippen molar-refractivity contribution in [3.8, 4) is 0 Å². The maximum absolute atomic E-state index is 13.3. The van der Waals surface area contributed by atoms with Crippen LogP contribution in [0.5, 0.6) is 0 Å². The first-order valence-corrected chi connectivity index (χ1v) is 13.1. The molecule has 1 aromatic rings. The first-order chi connectivity index (χ1) is 17.2. The summed E-state index contributed by atoms with van der Waals surface area (Å²) >= 11 is 12.4. The Bertz CT molecular complexity index is 1020. The molecule has 1 unspecified atom stereocenters. The summed E-state index contributed by atoms with van der Waals surface area (Å²) in [5.41, 5.74) is 1.60. The summed E-state index contributed by atoms with van der Waals surface area (Å²) in [6, 6.07) is 4.00. The summed E-state index contributed by atoms with van der Waals surface area (Å²) in [5.74, 6) is -0.491. The molecule has 3 rings (SSSR count). The van der Waals surface area contributed by atoms with Gasteiger partial charge in [0.1, 0.15) is 0 Å². The van der Waals surface area contributed by atoms with Crippen LogP contribution < -0.4 is 10.6 Å². The number of nitrogens with zero attached hydrogens (tertiary/aromatic N) is 3. The molecule has 0 radical (unpaired) electrons. The molecule has 0 spiro atoms. The van der Waals surface area contributed by atoms with Crippen molar-refractivity contribution in [1.29, 1.82) is 0 Å². The number of likely N-dealkylation sites (N-methyl/N-ethyl adjacent to an activating group) is 1. The Balaban J connectivity index is 1.95. The highest BCUT2D eigenvalue weighted by Gasteiger charge is 2.38. The van der Waals surface area contributed by atoms with E-state index in [4.69, 9.17) is 27.9 Å². The van der Waals surface area contributed by atoms with Crippen LogP contribution in [0.25, 0.3) is 0 Å². The summed E-state index contributed by atoms with van der Waals surface area (Å²) in [7, 11) is 0. The summed E-state index contributed by atoms with van der Waals surface area (Å²) < 4.78 is 5.43. The van der Waals surface area contributed by atoms with Crippen LogP contribution in [0, 0.1) is 0 Å². The van der Waals surface area contributed by atoms with Gasteiger partial charge in [0.05, 0.1) is 28.3 Å². The number of benzene rings is 1. The molecule has 4 amide bonds. The van der Waals surface area contributed by atoms with E-state index in [1.54, 1.807) is 30.0 Å². The molecular weight excluding hydrogens is 505 g/mol. The van der Waals surface area contributed by atoms with Gasteiger partial charge in [-0.3, -0.25) is 9.80 Å². The fourth-order valence-electron chi connectivity index (χ4n) is 4.48. The Kier molecular flexibility index (Phi) is 9.87. The molecule has 1 fully saturated rings. The van der Waals surface area contributed by atoms with Crippen LogP contribution in [0.4, 0.5) is 9.59 Å². The van der Waals surface area contributed by atoms with Gasteiger partial charge in [-0.15, -0.1) is 0 Å². The molecule has 2 aliphatic heterocycles. The Morgan fingerprint density at radius 3 is 2.53 bits per heavy atom. The van der Waals surface area contributed by atoms with Crippen molar-refractivity contribution < 1.29 is 19.1 Å². The Morgan fingerprint density at radius 1 is 1.14 bits per heavy atom. The molecule has 11 heteroatoms. The van der Waals surface area contributed by atoms with E-state index in [1.165, 1.54) is 0 Å². The van der Waals surface area contributed by atoms with Crippen LogP contribution >= 0.6 is 23.2 Å². The fourth-order valence-corrected chi connectivity index (χ4v) is 4.79. The highest BCUT2D eigenvalue weighted by atomic mass is 35.5. The molecule has 1 saturated heterocycles. The molecule has 1 atom stereocenters. The van der Waals surface area contributed by atoms with E-state index in [2.05, 4.69) is 15.5 Å². The van der Waals surface area contributed by atoms with E-state index in [0.29, 0.717) is 59.6 Å². The lowest BCUT2D eigenvalue weighted by molar-refractivity contribution is -0.139. The van der Waals surface area contributed by atoms with E-state index < -0.39 is 12.0 Å². The zero-order chi connectivity index (χ0) is 26.4. The van der Waals surface area contributed by atoms with Crippen molar-refractivity contribution in [2.24, 2.45) is 0 Å². The number of esters is 1. The molecule has 9 nitrogen and oxygen atoms in total. The minimum atomic E-state index is -0.732. The maximum atomic E-state index is 13.3. The third kappa shape index (κ3) is 6.63. The number of rotatable bonds is 7. The molecule has 2 N–H and O–H groups in total. The topological polar surface area (TPSA) is 94.2 Å². The number of hydrogen-bond acceptors (Lipinski definition) is 5. The molecule has 2 aliphatic rings. The van der Waals surface area contributed by atoms with Crippen LogP contribution in [0.15, 0.2) is 29.5 Å². The van der Waals surface area contributed by atoms with Crippen molar-refractivity contribution in [2.45, 2.75) is 46.2 Å². The molecular formula is C25H35Cl2N5O4. The minimum Gasteiger partial charge on any atom is -0.463 e. The van der Waals surface area contributed by atoms with E-state index in [9.17, 15) is 14.4 Å². The van der Waals surface area contributed by atoms with Gasteiger partial charge in [0.15, 0.2) is 0 Å². The first-order valence-electron chi connectivity index (χ1n) is 12.4. The predicted molar refractivity (Wildman–Crippen MR) is 140 cm³/mol. The van der Waals surface area contributed by atoms with Gasteiger partial charge in [-0.1, -0.05) is 29.3 Å². The van der Waals surface area contributed by atoms with E-state index >= 15 is 0 Å². The zero-order valence-corrected chi connectivity index (χ0v) is 22.8. The second-order valence-corrected chi connectivity index (χ2v) is 9.92. The average molecular weight is 540 g/mol. The number of carbonyl (C=O) groups excluding carboxylic acids is 3. The Hall–Kier alpha value is -2.49. The monoisotopic (exact) mass is 539 g/mol. The number of urea groups is 2. The van der Waals surface area contributed by atoms with Crippen molar-refractivity contribution in [3.05, 3.63) is 45.1 Å². The highest BCUT2D eigenvalue weighted by molar-refractivity contribution is 6.42. The number of amides is 4. The Morgan fingerprint density at radius 2 is 1.89 bits per heavy atom. The number of hydrogen-bond donors (Lipinski definition) is 2. The second kappa shape index (κ2) is 12.7. The maximum Gasteiger partial charge on any atom is 0.338 e. The highest BCUT2D eigenvalue weighted by Crippen LogP contribution is 2.34. The minimum absolute atomic E-state index is 0.0614. The van der Waals surface area contributed by atoms with Gasteiger partial charge in [0.25, 0.3) is 0 Å². The van der Waals surface area contributed by atoms with E-state index in [-0.39, 0.29) is 24.7 Å². The molecule has 1 aromatic carbocycles. The van der Waals surface area contributed by atoms with Crippen molar-refractivity contribution in [3.63, 3.8) is 0 Å². The summed E-state index contributed by atoms with van der Waals surface area (Å²) in [6.07, 6.45) is 0.780. The Labute approximate surface area is 222 Å². The van der Waals surface area contributed by atoms with Crippen LogP contribution in [0.2, 0.25) is 10.0 Å². The van der Waals surface area contributed by atoms with Gasteiger partial charge in [-0.25, -0.2) is 14.4 Å². The molecule has 36 heavy (non-hydrogen) atoms. The first kappa shape index (κ1) is 28.1. The largest absolute Gasteiger partial charge is 0.463 e. The zero-order valence-electron chi connectivity index (χ0n) is 21.3. The lowest BCUT2D eigenvalue weighted by Crippen LogP contribution is -2.51. The van der Waals surface area contributed by atoms with Crippen LogP contribution in [0.1, 0.15) is 45.7 Å². The van der Waals surface area contributed by atoms with Gasteiger partial charge in [-0.2, -0.15) is 0 Å². The summed E-state index contributed by atoms with van der Waals surface area (Å²) in [5, 5.41) is 6.60. The number of nitrogens with one attached hydrogen (secondary N) is 2. The summed E-state index contributed by atoms with van der Waals surface area (Å²) in [4.78, 5) is 44.5. The molecule has 0 saturated carbocycles. The number of halogens is 2. The lowest BCUT2D eigenvalue weighted by atomic mass is 9.94. The molecule has 0 aliphatic carbocycles. The SMILES string of the molecule is CCOC(=O)C1=C(CN2CCCN(C(=O)NC(C)C)CC2)N(CC)C(=O)NC1c1ccc(Cl)c(Cl)c1. The van der Waals surface area contributed by atoms with Crippen LogP contribution in [-0.4, -0.2) is 84.6 Å². The van der Waals surface area contributed by atoms with Crippen molar-refractivity contribution in [1.82, 2.24) is 25.3 Å². The second-order valence-electron chi connectivity index (χ2n) is 9.10. The third-order valence-electron chi connectivity index (χ3n) is 6.19. The fraction of sp³-hybridized carbons (Fsp3) is 0.560. The molecule has 2 heterocycles. The smallest absolute Gasteiger partial charge is 0.338 e. The van der Waals surface area contributed by atoms with Gasteiger partial charge in [0, 0.05) is 51.0 Å². The molecule has 0 aromatic heterocycles. The molecule has 198 valence electrons. The summed E-state index contributed by atoms with van der Waals surface area (Å²) in [6.45, 7) is 11.0. The van der Waals surface area contributed by atoms with Gasteiger partial charge in [-0.05, 0) is 51.8 Å². The number of carbonyl (C=O) groups is 3. The van der Waals surface area contributed by atoms with Crippen LogP contribution in [0.3, 0.4) is 0 Å². The average Bonchev–Trinajstić information content (AvgIpc) is 3.06. The van der Waals surface area contributed by atoms with Gasteiger partial charge in [0.2, 0.25) is 0 Å². The van der Waals surface area contributed by atoms with E-state index in [1.807, 2.05) is 25.7 Å². The lowest BCUT2D eigenvalue weighted by Gasteiger charge is -2.38. The van der Waals surface area contributed by atoms with Gasteiger partial charge >= 0.3 is 18.0 Å². The molecule has 0 bridgehead atoms. The number of ether oxygens (including phenoxy) is 1.